The number of likely N-dealkylation sites (N-methyl/N-ethyl adjacent to an activating group) is 1. The number of carbonyl (C=O) groups excluding carboxylic acids is 2. The third kappa shape index (κ3) is 4.33. The number of hydrogen-bond acceptors (Lipinski definition) is 5. The summed E-state index contributed by atoms with van der Waals surface area (Å²) >= 11 is 0. The SMILES string of the molecule is CCN(C(=O)[C@@H](C)OC(=O)c1ccc(OC)cc1OC)c1ccccc1. The zero-order chi connectivity index (χ0) is 19.1. The Kier molecular flexibility index (Phi) is 6.60. The fourth-order valence-corrected chi connectivity index (χ4v) is 2.53. The van der Waals surface area contributed by atoms with Crippen LogP contribution in [0.2, 0.25) is 0 Å². The van der Waals surface area contributed by atoms with Gasteiger partial charge in [0.05, 0.1) is 14.2 Å². The molecule has 138 valence electrons. The topological polar surface area (TPSA) is 65.1 Å². The average Bonchev–Trinajstić information content (AvgIpc) is 2.68. The van der Waals surface area contributed by atoms with E-state index in [0.29, 0.717) is 18.0 Å². The van der Waals surface area contributed by atoms with Crippen LogP contribution in [-0.2, 0) is 9.53 Å². The van der Waals surface area contributed by atoms with E-state index < -0.39 is 12.1 Å². The van der Waals surface area contributed by atoms with Gasteiger partial charge in [0.1, 0.15) is 17.1 Å². The molecular formula is C20H23NO5. The minimum absolute atomic E-state index is 0.232. The van der Waals surface area contributed by atoms with Crippen LogP contribution in [0.1, 0.15) is 24.2 Å². The zero-order valence-corrected chi connectivity index (χ0v) is 15.4. The summed E-state index contributed by atoms with van der Waals surface area (Å²) in [5.74, 6) is -0.0397. The zero-order valence-electron chi connectivity index (χ0n) is 15.4. The van der Waals surface area contributed by atoms with Gasteiger partial charge < -0.3 is 19.1 Å². The maximum atomic E-state index is 12.7. The smallest absolute Gasteiger partial charge is 0.342 e. The predicted octanol–water partition coefficient (Wildman–Crippen LogP) is 3.30. The lowest BCUT2D eigenvalue weighted by atomic mass is 10.2. The number of para-hydroxylation sites is 1. The number of anilines is 1. The largest absolute Gasteiger partial charge is 0.497 e. The second kappa shape index (κ2) is 8.89. The van der Waals surface area contributed by atoms with Gasteiger partial charge in [0, 0.05) is 18.3 Å². The van der Waals surface area contributed by atoms with Gasteiger partial charge >= 0.3 is 5.97 Å². The summed E-state index contributed by atoms with van der Waals surface area (Å²) in [5, 5.41) is 0. The molecule has 6 nitrogen and oxygen atoms in total. The fourth-order valence-electron chi connectivity index (χ4n) is 2.53. The Morgan fingerprint density at radius 1 is 1.04 bits per heavy atom. The van der Waals surface area contributed by atoms with Crippen LogP contribution in [0, 0.1) is 0 Å². The van der Waals surface area contributed by atoms with Crippen LogP contribution in [0.3, 0.4) is 0 Å². The van der Waals surface area contributed by atoms with Gasteiger partial charge in [-0.05, 0) is 38.1 Å². The number of methoxy groups -OCH3 is 2. The standard InChI is InChI=1S/C20H23NO5/c1-5-21(15-9-7-6-8-10-15)19(22)14(2)26-20(23)17-12-11-16(24-3)13-18(17)25-4/h6-14H,5H2,1-4H3/t14-/m1/s1. The number of benzene rings is 2. The third-order valence-corrected chi connectivity index (χ3v) is 3.91. The summed E-state index contributed by atoms with van der Waals surface area (Å²) in [6.07, 6.45) is -0.936. The average molecular weight is 357 g/mol. The molecule has 0 unspecified atom stereocenters. The summed E-state index contributed by atoms with van der Waals surface area (Å²) in [6, 6.07) is 14.0. The Bertz CT molecular complexity index is 760. The highest BCUT2D eigenvalue weighted by Crippen LogP contribution is 2.26. The van der Waals surface area contributed by atoms with E-state index in [1.54, 1.807) is 30.0 Å². The van der Waals surface area contributed by atoms with E-state index in [4.69, 9.17) is 14.2 Å². The van der Waals surface area contributed by atoms with Gasteiger partial charge in [-0.15, -0.1) is 0 Å². The van der Waals surface area contributed by atoms with E-state index in [9.17, 15) is 9.59 Å². The lowest BCUT2D eigenvalue weighted by Gasteiger charge is -2.24. The third-order valence-electron chi connectivity index (χ3n) is 3.91. The van der Waals surface area contributed by atoms with Crippen LogP contribution < -0.4 is 14.4 Å². The van der Waals surface area contributed by atoms with Crippen molar-refractivity contribution >= 4 is 17.6 Å². The predicted molar refractivity (Wildman–Crippen MR) is 98.9 cm³/mol. The van der Waals surface area contributed by atoms with Gasteiger partial charge in [0.2, 0.25) is 0 Å². The molecule has 0 radical (unpaired) electrons. The van der Waals surface area contributed by atoms with Crippen molar-refractivity contribution in [1.29, 1.82) is 0 Å². The summed E-state index contributed by atoms with van der Waals surface area (Å²) < 4.78 is 15.7. The Labute approximate surface area is 153 Å². The molecule has 0 fully saturated rings. The molecule has 0 aliphatic carbocycles. The maximum Gasteiger partial charge on any atom is 0.342 e. The van der Waals surface area contributed by atoms with Gasteiger partial charge in [-0.3, -0.25) is 4.79 Å². The highest BCUT2D eigenvalue weighted by Gasteiger charge is 2.26. The molecule has 26 heavy (non-hydrogen) atoms. The Balaban J connectivity index is 2.14. The van der Waals surface area contributed by atoms with Crippen LogP contribution in [0.25, 0.3) is 0 Å². The van der Waals surface area contributed by atoms with Crippen molar-refractivity contribution in [3.05, 3.63) is 54.1 Å². The van der Waals surface area contributed by atoms with E-state index in [1.165, 1.54) is 14.2 Å². The number of nitrogens with zero attached hydrogens (tertiary/aromatic N) is 1. The monoisotopic (exact) mass is 357 g/mol. The highest BCUT2D eigenvalue weighted by atomic mass is 16.5. The number of rotatable bonds is 7. The lowest BCUT2D eigenvalue weighted by Crippen LogP contribution is -2.40. The first-order valence-electron chi connectivity index (χ1n) is 8.31. The minimum atomic E-state index is -0.936. The molecule has 0 saturated carbocycles. The molecule has 0 aliphatic heterocycles. The fraction of sp³-hybridized carbons (Fsp3) is 0.300. The second-order valence-electron chi connectivity index (χ2n) is 5.53. The minimum Gasteiger partial charge on any atom is -0.497 e. The summed E-state index contributed by atoms with van der Waals surface area (Å²) in [6.45, 7) is 3.89. The molecule has 0 saturated heterocycles. The first-order valence-corrected chi connectivity index (χ1v) is 8.31. The Hall–Kier alpha value is -3.02. The number of amides is 1. The second-order valence-corrected chi connectivity index (χ2v) is 5.53. The van der Waals surface area contributed by atoms with Crippen LogP contribution in [-0.4, -0.2) is 38.7 Å². The number of ether oxygens (including phenoxy) is 3. The van der Waals surface area contributed by atoms with Gasteiger partial charge in [0.15, 0.2) is 6.10 Å². The van der Waals surface area contributed by atoms with Gasteiger partial charge in [-0.25, -0.2) is 4.79 Å². The van der Waals surface area contributed by atoms with Crippen molar-refractivity contribution in [3.63, 3.8) is 0 Å². The molecule has 0 aliphatic rings. The van der Waals surface area contributed by atoms with Crippen LogP contribution in [0.15, 0.2) is 48.5 Å². The molecule has 0 spiro atoms. The number of carbonyl (C=O) groups is 2. The molecule has 0 bridgehead atoms. The van der Waals surface area contributed by atoms with Crippen molar-refractivity contribution in [2.75, 3.05) is 25.7 Å². The van der Waals surface area contributed by atoms with Crippen molar-refractivity contribution < 1.29 is 23.8 Å². The quantitative estimate of drug-likeness (QED) is 0.712. The van der Waals surface area contributed by atoms with E-state index in [0.717, 1.165) is 5.69 Å². The van der Waals surface area contributed by atoms with Gasteiger partial charge in [-0.2, -0.15) is 0 Å². The van der Waals surface area contributed by atoms with Crippen LogP contribution >= 0.6 is 0 Å². The summed E-state index contributed by atoms with van der Waals surface area (Å²) in [7, 11) is 2.98. The molecule has 0 N–H and O–H groups in total. The molecule has 0 aromatic heterocycles. The lowest BCUT2D eigenvalue weighted by molar-refractivity contribution is -0.126. The molecule has 0 heterocycles. The first-order chi connectivity index (χ1) is 12.5. The van der Waals surface area contributed by atoms with Crippen molar-refractivity contribution in [2.45, 2.75) is 20.0 Å². The first kappa shape index (κ1) is 19.3. The molecule has 2 aromatic carbocycles. The van der Waals surface area contributed by atoms with Crippen molar-refractivity contribution in [1.82, 2.24) is 0 Å². The summed E-state index contributed by atoms with van der Waals surface area (Å²) in [4.78, 5) is 26.7. The normalized spacial score (nSPS) is 11.4. The summed E-state index contributed by atoms with van der Waals surface area (Å²) in [5.41, 5.74) is 0.987. The van der Waals surface area contributed by atoms with E-state index in [-0.39, 0.29) is 11.5 Å². The highest BCUT2D eigenvalue weighted by molar-refractivity contribution is 5.99. The number of esters is 1. The number of hydrogen-bond donors (Lipinski definition) is 0. The molecule has 1 amide bonds. The van der Waals surface area contributed by atoms with Gasteiger partial charge in [-0.1, -0.05) is 18.2 Å². The van der Waals surface area contributed by atoms with Crippen LogP contribution in [0.4, 0.5) is 5.69 Å². The van der Waals surface area contributed by atoms with Gasteiger partial charge in [0.25, 0.3) is 5.91 Å². The molecule has 2 aromatic rings. The van der Waals surface area contributed by atoms with Crippen LogP contribution in [0.5, 0.6) is 11.5 Å². The van der Waals surface area contributed by atoms with E-state index in [1.807, 2.05) is 37.3 Å². The van der Waals surface area contributed by atoms with E-state index in [2.05, 4.69) is 0 Å². The Morgan fingerprint density at radius 3 is 2.31 bits per heavy atom. The molecule has 6 heteroatoms. The van der Waals surface area contributed by atoms with E-state index >= 15 is 0 Å². The Morgan fingerprint density at radius 2 is 1.73 bits per heavy atom. The van der Waals surface area contributed by atoms with Crippen molar-refractivity contribution in [2.24, 2.45) is 0 Å². The molecular weight excluding hydrogens is 334 g/mol. The maximum absolute atomic E-state index is 12.7. The molecule has 2 rings (SSSR count). The van der Waals surface area contributed by atoms with Crippen molar-refractivity contribution in [3.8, 4) is 11.5 Å². The molecule has 1 atom stereocenters.